The van der Waals surface area contributed by atoms with Gasteiger partial charge in [-0.15, -0.1) is 0 Å². The molecular weight excluding hydrogens is 1150 g/mol. The van der Waals surface area contributed by atoms with E-state index in [2.05, 4.69) is 69.2 Å². The van der Waals surface area contributed by atoms with Gasteiger partial charge in [0.2, 0.25) is 0 Å². The molecular formula is C77H128O11V. The molecule has 12 aliphatic rings. The number of Topliss-reactive ketones (excluding diaryl/α,β-unsaturated/α-hetero) is 4. The first kappa shape index (κ1) is 74.5. The number of rotatable bonds is 11. The van der Waals surface area contributed by atoms with E-state index >= 15 is 0 Å². The van der Waals surface area contributed by atoms with Crippen molar-refractivity contribution in [2.75, 3.05) is 14.2 Å². The number of ketones is 4. The molecule has 0 aromatic heterocycles. The molecule has 0 saturated heterocycles. The molecule has 89 heavy (non-hydrogen) atoms. The minimum absolute atomic E-state index is 0. The Labute approximate surface area is 552 Å². The van der Waals surface area contributed by atoms with Crippen LogP contribution in [0.25, 0.3) is 0 Å². The third-order valence-corrected chi connectivity index (χ3v) is 31.5. The maximum absolute atomic E-state index is 14.0. The molecule has 30 atom stereocenters. The van der Waals surface area contributed by atoms with Gasteiger partial charge in [0, 0.05) is 74.2 Å². The Hall–Kier alpha value is -1.92. The van der Waals surface area contributed by atoms with Crippen LogP contribution in [0.15, 0.2) is 0 Å². The smallest absolute Gasteiger partial charge is 0.306 e. The van der Waals surface area contributed by atoms with Gasteiger partial charge in [-0.3, -0.25) is 28.8 Å². The van der Waals surface area contributed by atoms with Crippen molar-refractivity contribution in [3.05, 3.63) is 0 Å². The molecule has 1 radical (unpaired) electrons. The predicted octanol–water partition coefficient (Wildman–Crippen LogP) is 16.7. The molecule has 0 aliphatic heterocycles. The van der Waals surface area contributed by atoms with E-state index in [-0.39, 0.29) is 137 Å². The average molecular weight is 1280 g/mol. The summed E-state index contributed by atoms with van der Waals surface area (Å²) in [6, 6.07) is 0. The second kappa shape index (κ2) is 27.7. The number of hydrogen-bond acceptors (Lipinski definition) is 9. The van der Waals surface area contributed by atoms with Gasteiger partial charge in [-0.05, 0) is 265 Å². The molecule has 3 N–H and O–H groups in total. The number of aliphatic carboxylic acids is 2. The number of carbonyl (C=O) groups excluding carboxylic acids is 4. The number of carbonyl (C=O) groups is 6. The average Bonchev–Trinajstić information content (AvgIpc) is 1.73. The third-order valence-electron chi connectivity index (χ3n) is 31.5. The van der Waals surface area contributed by atoms with Crippen LogP contribution in [0.5, 0.6) is 0 Å². The minimum atomic E-state index is -0.691. The monoisotopic (exact) mass is 1280 g/mol. The van der Waals surface area contributed by atoms with Crippen LogP contribution in [0.3, 0.4) is 0 Å². The molecule has 507 valence electrons. The van der Waals surface area contributed by atoms with Crippen molar-refractivity contribution in [1.82, 2.24) is 0 Å². The van der Waals surface area contributed by atoms with Crippen molar-refractivity contribution in [3.63, 3.8) is 0 Å². The van der Waals surface area contributed by atoms with Crippen LogP contribution in [0.2, 0.25) is 0 Å². The molecule has 11 nitrogen and oxygen atoms in total. The van der Waals surface area contributed by atoms with Crippen LogP contribution in [-0.4, -0.2) is 82.9 Å². The normalized spacial score (nSPS) is 49.1. The van der Waals surface area contributed by atoms with Gasteiger partial charge < -0.3 is 24.8 Å². The SMILES string of the molecule is C.C.CC[C@H]1C(=O)[C@@H]2[C@H](CC[C@]3(C)[C@@H]([C@H](C)C(=O)O)CC[C@@H]23)[C@@]2(C)CC[C@@H](O)C[C@@H]12.CC[C@H]1C(=O)[C@@H]2[C@H](CC[C@]3(C)[C@@H]([C@H](C)C(=O)O)CC[C@@H]23)[C@@]2(C)CC[C@@H](OC)C[C@@H]12.CC[C@H]1C(=O)[C@@H]2[C@H](CC[C@]3(C)[C@@H]([C@H](C)C(C)=O)CC[C@@H]23)[C@@]2(C)CC[C@@H](OC)C[C@@H]12.[V]. The van der Waals surface area contributed by atoms with E-state index in [4.69, 9.17) is 9.47 Å². The van der Waals surface area contributed by atoms with Gasteiger partial charge in [-0.2, -0.15) is 0 Å². The molecule has 0 amide bonds. The first-order valence-electron chi connectivity index (χ1n) is 35.8. The predicted molar refractivity (Wildman–Crippen MR) is 349 cm³/mol. The zero-order valence-electron chi connectivity index (χ0n) is 56.9. The van der Waals surface area contributed by atoms with E-state index in [0.29, 0.717) is 94.5 Å². The molecule has 12 rings (SSSR count). The van der Waals surface area contributed by atoms with Crippen molar-refractivity contribution in [2.24, 2.45) is 157 Å². The Morgan fingerprint density at radius 1 is 0.427 bits per heavy atom. The molecule has 0 aromatic carbocycles. The van der Waals surface area contributed by atoms with Crippen LogP contribution < -0.4 is 0 Å². The maximum Gasteiger partial charge on any atom is 0.306 e. The summed E-state index contributed by atoms with van der Waals surface area (Å²) in [5.74, 6) is 5.54. The fraction of sp³-hybridized carbons (Fsp3) is 0.922. The van der Waals surface area contributed by atoms with Gasteiger partial charge in [-0.1, -0.05) is 97.9 Å². The van der Waals surface area contributed by atoms with E-state index in [1.165, 1.54) is 25.7 Å². The Balaban J connectivity index is 0.000000187. The number of aliphatic hydroxyl groups is 1. The largest absolute Gasteiger partial charge is 0.481 e. The van der Waals surface area contributed by atoms with Gasteiger partial charge >= 0.3 is 11.9 Å². The molecule has 12 aliphatic carbocycles. The number of ether oxygens (including phenoxy) is 2. The van der Waals surface area contributed by atoms with Gasteiger partial charge in [0.15, 0.2) is 0 Å². The van der Waals surface area contributed by atoms with Gasteiger partial charge in [0.05, 0.1) is 30.1 Å². The zero-order chi connectivity index (χ0) is 62.7. The summed E-state index contributed by atoms with van der Waals surface area (Å²) in [7, 11) is 3.65. The Kier molecular flexibility index (Phi) is 23.2. The van der Waals surface area contributed by atoms with Crippen LogP contribution >= 0.6 is 0 Å². The Morgan fingerprint density at radius 3 is 0.978 bits per heavy atom. The van der Waals surface area contributed by atoms with Crippen molar-refractivity contribution < 1.29 is 72.1 Å². The maximum atomic E-state index is 14.0. The van der Waals surface area contributed by atoms with Crippen LogP contribution in [0.1, 0.15) is 259 Å². The summed E-state index contributed by atoms with van der Waals surface area (Å²) >= 11 is 0. The summed E-state index contributed by atoms with van der Waals surface area (Å²) in [6.07, 6.45) is 25.4. The Bertz CT molecular complexity index is 2440. The molecule has 0 heterocycles. The molecule has 0 aromatic rings. The van der Waals surface area contributed by atoms with Crippen molar-refractivity contribution in [2.45, 2.75) is 277 Å². The summed E-state index contributed by atoms with van der Waals surface area (Å²) < 4.78 is 11.5. The molecule has 12 saturated carbocycles. The zero-order valence-corrected chi connectivity index (χ0v) is 58.3. The number of aliphatic hydroxyl groups excluding tert-OH is 1. The van der Waals surface area contributed by atoms with E-state index in [9.17, 15) is 44.1 Å². The number of carboxylic acids is 2. The standard InChI is InChI=1S/C26H42O3.C25H40O4.C24H38O4.2CH4.V/c1-7-18-22-14-17(29-6)10-12-26(22,5)21-11-13-25(4)19(15(2)16(3)27)8-9-20(25)23(21)24(18)28;1-6-16-20-13-15(29-5)9-11-25(20,4)19-10-12-24(3)17(14(2)23(27)28)7-8-18(24)21(19)22(16)26;1-5-15-19-12-14(25)8-10-24(19,4)18-9-11-23(3)16(13(2)22(27)28)6-7-17(23)20(18)21(15)26;;;/h15,17-23H,7-14H2,1-6H3;14-21H,6-13H2,1-5H3,(H,27,28);13-20,25H,5-12H2,1-4H3,(H,27,28);2*1H4;/t15-,17-,18-,19-,20+,21+,22+,23+,25-,26-;14-,15+,16+,17+,18-,19-,20-,21-,24+,25+;13-,14+,15+,16+,17-,18-,19-,20-,23+,24+;;;/m100.../s1. The second-order valence-electron chi connectivity index (χ2n) is 33.8. The van der Waals surface area contributed by atoms with Crippen molar-refractivity contribution in [1.29, 1.82) is 0 Å². The van der Waals surface area contributed by atoms with E-state index in [1.54, 1.807) is 6.92 Å². The third kappa shape index (κ3) is 11.8. The van der Waals surface area contributed by atoms with E-state index in [0.717, 1.165) is 128 Å². The number of hydrogen-bond donors (Lipinski definition) is 3. The summed E-state index contributed by atoms with van der Waals surface area (Å²) in [5, 5.41) is 29.6. The summed E-state index contributed by atoms with van der Waals surface area (Å²) in [6.45, 7) is 28.6. The topological polar surface area (TPSA) is 182 Å². The van der Waals surface area contributed by atoms with E-state index < -0.39 is 11.9 Å². The Morgan fingerprint density at radius 2 is 0.697 bits per heavy atom. The molecule has 0 unspecified atom stereocenters. The fourth-order valence-corrected chi connectivity index (χ4v) is 26.5. The number of methoxy groups -OCH3 is 2. The van der Waals surface area contributed by atoms with Gasteiger partial charge in [0.25, 0.3) is 0 Å². The van der Waals surface area contributed by atoms with Gasteiger partial charge in [0.1, 0.15) is 23.1 Å². The second-order valence-corrected chi connectivity index (χ2v) is 33.8. The first-order valence-corrected chi connectivity index (χ1v) is 35.8. The fourth-order valence-electron chi connectivity index (χ4n) is 26.5. The quantitative estimate of drug-likeness (QED) is 0.179. The van der Waals surface area contributed by atoms with Crippen LogP contribution in [-0.2, 0) is 56.8 Å². The number of carboxylic acid groups (broad SMARTS) is 2. The summed E-state index contributed by atoms with van der Waals surface area (Å²) in [4.78, 5) is 77.4. The van der Waals surface area contributed by atoms with E-state index in [1.807, 2.05) is 28.1 Å². The molecule has 0 spiro atoms. The molecule has 12 heteroatoms. The van der Waals surface area contributed by atoms with Gasteiger partial charge in [-0.25, -0.2) is 0 Å². The molecule has 12 fully saturated rings. The minimum Gasteiger partial charge on any atom is -0.481 e. The summed E-state index contributed by atoms with van der Waals surface area (Å²) in [5.41, 5.74) is 0.791. The van der Waals surface area contributed by atoms with Crippen LogP contribution in [0.4, 0.5) is 0 Å². The first-order chi connectivity index (χ1) is 40.5. The molecule has 0 bridgehead atoms. The van der Waals surface area contributed by atoms with Crippen LogP contribution in [0, 0.1) is 157 Å². The number of fused-ring (bicyclic) bond motifs is 15. The van der Waals surface area contributed by atoms with Crippen molar-refractivity contribution >= 4 is 35.1 Å². The van der Waals surface area contributed by atoms with Crippen molar-refractivity contribution in [3.8, 4) is 0 Å².